The highest BCUT2D eigenvalue weighted by atomic mass is 16.2. The Hall–Kier alpha value is -1.88. The van der Waals surface area contributed by atoms with Crippen molar-refractivity contribution in [1.29, 1.82) is 0 Å². The molecule has 0 bridgehead atoms. The van der Waals surface area contributed by atoms with Crippen LogP contribution in [0.1, 0.15) is 96.7 Å². The second-order valence-electron chi connectivity index (χ2n) is 12.5. The van der Waals surface area contributed by atoms with Crippen LogP contribution in [0, 0.1) is 11.3 Å². The molecular weight excluding hydrogens is 422 g/mol. The molecule has 1 N–H and O–H groups in total. The molecule has 3 aliphatic rings. The third-order valence-corrected chi connectivity index (χ3v) is 8.47. The standard InChI is InChI=1S/C29H45N3O2/c1-21(2)26(32-17-8-11-25(32)33)27(34)30-24-12-13-29(23-10-7-6-9-22(23)24)15-19-31(20-16-29)18-14-28(3,4)5/h6-7,9-10,21,24,26H,8,11-20H2,1-5H3,(H,30,34)/t24-,26-/m0/s1. The van der Waals surface area contributed by atoms with Gasteiger partial charge in [-0.05, 0) is 86.0 Å². The van der Waals surface area contributed by atoms with E-state index in [1.165, 1.54) is 36.9 Å². The molecule has 0 radical (unpaired) electrons. The third kappa shape index (κ3) is 5.35. The van der Waals surface area contributed by atoms with E-state index in [2.05, 4.69) is 55.3 Å². The number of nitrogens with zero attached hydrogens (tertiary/aromatic N) is 2. The van der Waals surface area contributed by atoms with Crippen molar-refractivity contribution >= 4 is 11.8 Å². The van der Waals surface area contributed by atoms with Crippen molar-refractivity contribution in [2.75, 3.05) is 26.2 Å². The topological polar surface area (TPSA) is 52.7 Å². The summed E-state index contributed by atoms with van der Waals surface area (Å²) >= 11 is 0. The predicted octanol–water partition coefficient (Wildman–Crippen LogP) is 5.05. The Bertz CT molecular complexity index is 880. The van der Waals surface area contributed by atoms with Crippen LogP contribution in [0.25, 0.3) is 0 Å². The quantitative estimate of drug-likeness (QED) is 0.637. The van der Waals surface area contributed by atoms with Gasteiger partial charge in [0.2, 0.25) is 11.8 Å². The van der Waals surface area contributed by atoms with Gasteiger partial charge in [-0.3, -0.25) is 9.59 Å². The number of benzene rings is 1. The SMILES string of the molecule is CC(C)[C@@H](C(=O)N[C@H]1CCC2(CCN(CCC(C)(C)C)CC2)c2ccccc21)N1CCCC1=O. The van der Waals surface area contributed by atoms with Gasteiger partial charge in [0.1, 0.15) is 6.04 Å². The van der Waals surface area contributed by atoms with Gasteiger partial charge in [0.05, 0.1) is 6.04 Å². The van der Waals surface area contributed by atoms with E-state index in [9.17, 15) is 9.59 Å². The molecule has 1 aromatic carbocycles. The van der Waals surface area contributed by atoms with Crippen molar-refractivity contribution in [3.8, 4) is 0 Å². The van der Waals surface area contributed by atoms with Gasteiger partial charge in [-0.1, -0.05) is 58.9 Å². The minimum atomic E-state index is -0.371. The van der Waals surface area contributed by atoms with Crippen LogP contribution in [0.3, 0.4) is 0 Å². The Morgan fingerprint density at radius 1 is 1.12 bits per heavy atom. The Morgan fingerprint density at radius 2 is 1.82 bits per heavy atom. The number of carbonyl (C=O) groups excluding carboxylic acids is 2. The van der Waals surface area contributed by atoms with E-state index in [4.69, 9.17) is 0 Å². The van der Waals surface area contributed by atoms with Gasteiger partial charge in [0, 0.05) is 13.0 Å². The summed E-state index contributed by atoms with van der Waals surface area (Å²) in [6, 6.07) is 8.47. The summed E-state index contributed by atoms with van der Waals surface area (Å²) in [5, 5.41) is 3.38. The molecule has 0 saturated carbocycles. The summed E-state index contributed by atoms with van der Waals surface area (Å²) in [5.74, 6) is 0.234. The minimum absolute atomic E-state index is 0.0120. The fourth-order valence-corrected chi connectivity index (χ4v) is 6.39. The molecule has 2 fully saturated rings. The Kier molecular flexibility index (Phi) is 7.42. The number of carbonyl (C=O) groups is 2. The molecule has 2 aliphatic heterocycles. The fraction of sp³-hybridized carbons (Fsp3) is 0.724. The van der Waals surface area contributed by atoms with Crippen molar-refractivity contribution in [2.45, 2.75) is 97.1 Å². The maximum absolute atomic E-state index is 13.4. The second-order valence-corrected chi connectivity index (χ2v) is 12.5. The highest BCUT2D eigenvalue weighted by Gasteiger charge is 2.43. The van der Waals surface area contributed by atoms with Crippen LogP contribution in [-0.2, 0) is 15.0 Å². The van der Waals surface area contributed by atoms with Gasteiger partial charge in [-0.25, -0.2) is 0 Å². The molecule has 5 heteroatoms. The first kappa shape index (κ1) is 25.2. The van der Waals surface area contributed by atoms with Crippen LogP contribution in [0.2, 0.25) is 0 Å². The van der Waals surface area contributed by atoms with E-state index < -0.39 is 0 Å². The lowest BCUT2D eigenvalue weighted by Gasteiger charge is -2.47. The zero-order valence-corrected chi connectivity index (χ0v) is 22.0. The van der Waals surface area contributed by atoms with E-state index in [0.29, 0.717) is 18.4 Å². The molecule has 4 rings (SSSR count). The molecular formula is C29H45N3O2. The minimum Gasteiger partial charge on any atom is -0.347 e. The molecule has 1 aromatic rings. The average Bonchev–Trinajstić information content (AvgIpc) is 3.20. The Balaban J connectivity index is 1.47. The molecule has 188 valence electrons. The number of amides is 2. The molecule has 2 saturated heterocycles. The molecule has 0 aromatic heterocycles. The van der Waals surface area contributed by atoms with Gasteiger partial charge in [0.25, 0.3) is 0 Å². The van der Waals surface area contributed by atoms with E-state index in [1.54, 1.807) is 0 Å². The van der Waals surface area contributed by atoms with E-state index >= 15 is 0 Å². The first-order chi connectivity index (χ1) is 16.1. The average molecular weight is 468 g/mol. The molecule has 2 atom stereocenters. The monoisotopic (exact) mass is 467 g/mol. The van der Waals surface area contributed by atoms with Crippen LogP contribution < -0.4 is 5.32 Å². The van der Waals surface area contributed by atoms with Gasteiger partial charge in [-0.15, -0.1) is 0 Å². The number of rotatable bonds is 6. The maximum atomic E-state index is 13.4. The summed E-state index contributed by atoms with van der Waals surface area (Å²) in [7, 11) is 0. The van der Waals surface area contributed by atoms with E-state index in [0.717, 1.165) is 32.4 Å². The van der Waals surface area contributed by atoms with E-state index in [1.807, 2.05) is 18.7 Å². The van der Waals surface area contributed by atoms with Gasteiger partial charge in [0.15, 0.2) is 0 Å². The summed E-state index contributed by atoms with van der Waals surface area (Å²) in [6.45, 7) is 15.3. The van der Waals surface area contributed by atoms with Crippen LogP contribution in [0.5, 0.6) is 0 Å². The predicted molar refractivity (Wildman–Crippen MR) is 138 cm³/mol. The zero-order valence-electron chi connectivity index (χ0n) is 22.0. The van der Waals surface area contributed by atoms with Crippen molar-refractivity contribution in [2.24, 2.45) is 11.3 Å². The lowest BCUT2D eigenvalue weighted by Crippen LogP contribution is -2.52. The lowest BCUT2D eigenvalue weighted by atomic mass is 9.63. The number of piperidine rings is 1. The van der Waals surface area contributed by atoms with Gasteiger partial charge < -0.3 is 15.1 Å². The zero-order chi connectivity index (χ0) is 24.5. The fourth-order valence-electron chi connectivity index (χ4n) is 6.39. The summed E-state index contributed by atoms with van der Waals surface area (Å²) in [5.41, 5.74) is 3.35. The summed E-state index contributed by atoms with van der Waals surface area (Å²) in [6.07, 6.45) is 7.16. The van der Waals surface area contributed by atoms with Crippen molar-refractivity contribution < 1.29 is 9.59 Å². The van der Waals surface area contributed by atoms with Crippen LogP contribution in [0.4, 0.5) is 0 Å². The van der Waals surface area contributed by atoms with Crippen molar-refractivity contribution in [3.63, 3.8) is 0 Å². The molecule has 2 amide bonds. The first-order valence-electron chi connectivity index (χ1n) is 13.5. The molecule has 34 heavy (non-hydrogen) atoms. The Labute approximate surface area is 206 Å². The van der Waals surface area contributed by atoms with E-state index in [-0.39, 0.29) is 35.2 Å². The highest BCUT2D eigenvalue weighted by Crippen LogP contribution is 2.48. The molecule has 1 spiro atoms. The second kappa shape index (κ2) is 10.0. The first-order valence-corrected chi connectivity index (χ1v) is 13.5. The summed E-state index contributed by atoms with van der Waals surface area (Å²) in [4.78, 5) is 30.3. The number of fused-ring (bicyclic) bond motifs is 2. The lowest BCUT2D eigenvalue weighted by molar-refractivity contribution is -0.139. The number of likely N-dealkylation sites (tertiary alicyclic amines) is 2. The van der Waals surface area contributed by atoms with Crippen molar-refractivity contribution in [3.05, 3.63) is 35.4 Å². The Morgan fingerprint density at radius 3 is 2.44 bits per heavy atom. The molecule has 2 heterocycles. The third-order valence-electron chi connectivity index (χ3n) is 8.47. The maximum Gasteiger partial charge on any atom is 0.243 e. The van der Waals surface area contributed by atoms with Crippen LogP contribution in [-0.4, -0.2) is 53.8 Å². The van der Waals surface area contributed by atoms with Crippen LogP contribution >= 0.6 is 0 Å². The highest BCUT2D eigenvalue weighted by molar-refractivity contribution is 5.89. The van der Waals surface area contributed by atoms with Crippen LogP contribution in [0.15, 0.2) is 24.3 Å². The molecule has 0 unspecified atom stereocenters. The smallest absolute Gasteiger partial charge is 0.243 e. The molecule has 5 nitrogen and oxygen atoms in total. The number of hydrogen-bond donors (Lipinski definition) is 1. The number of hydrogen-bond acceptors (Lipinski definition) is 3. The normalized spacial score (nSPS) is 23.9. The number of nitrogens with one attached hydrogen (secondary N) is 1. The summed E-state index contributed by atoms with van der Waals surface area (Å²) < 4.78 is 0. The van der Waals surface area contributed by atoms with Gasteiger partial charge >= 0.3 is 0 Å². The molecule has 1 aliphatic carbocycles. The van der Waals surface area contributed by atoms with Crippen molar-refractivity contribution in [1.82, 2.24) is 15.1 Å². The van der Waals surface area contributed by atoms with Gasteiger partial charge in [-0.2, -0.15) is 0 Å². The largest absolute Gasteiger partial charge is 0.347 e.